The number of carbonyl (C=O) groups excluding carboxylic acids is 1. The van der Waals surface area contributed by atoms with Crippen LogP contribution in [0.25, 0.3) is 5.57 Å². The Labute approximate surface area is 181 Å². The van der Waals surface area contributed by atoms with Gasteiger partial charge in [0.1, 0.15) is 0 Å². The smallest absolute Gasteiger partial charge is 0.255 e. The summed E-state index contributed by atoms with van der Waals surface area (Å²) < 4.78 is 0. The molecule has 7 nitrogen and oxygen atoms in total. The number of carbonyl (C=O) groups is 1. The maximum Gasteiger partial charge on any atom is 0.255 e. The molecule has 5 rings (SSSR count). The molecule has 0 bridgehead atoms. The molecule has 0 saturated carbocycles. The normalized spacial score (nSPS) is 18.5. The van der Waals surface area contributed by atoms with Gasteiger partial charge in [0.15, 0.2) is 0 Å². The number of hydrogen-bond donors (Lipinski definition) is 1. The first-order valence-corrected chi connectivity index (χ1v) is 10.6. The van der Waals surface area contributed by atoms with Crippen LogP contribution in [0.4, 0.5) is 0 Å². The third-order valence-corrected chi connectivity index (χ3v) is 5.77. The van der Waals surface area contributed by atoms with Crippen LogP contribution < -0.4 is 5.32 Å². The second-order valence-corrected chi connectivity index (χ2v) is 7.98. The van der Waals surface area contributed by atoms with E-state index in [-0.39, 0.29) is 11.9 Å². The monoisotopic (exact) mass is 412 g/mol. The lowest BCUT2D eigenvalue weighted by molar-refractivity contribution is 0.0710. The topological polar surface area (TPSA) is 82.8 Å². The van der Waals surface area contributed by atoms with Crippen LogP contribution in [0.3, 0.4) is 0 Å². The van der Waals surface area contributed by atoms with Gasteiger partial charge in [-0.2, -0.15) is 0 Å². The number of aromatic nitrogens is 2. The van der Waals surface area contributed by atoms with Gasteiger partial charge in [0.25, 0.3) is 5.91 Å². The summed E-state index contributed by atoms with van der Waals surface area (Å²) in [6, 6.07) is 9.87. The van der Waals surface area contributed by atoms with Crippen molar-refractivity contribution in [3.63, 3.8) is 0 Å². The fraction of sp³-hybridized carbons (Fsp3) is 0.292. The summed E-state index contributed by atoms with van der Waals surface area (Å²) >= 11 is 0. The summed E-state index contributed by atoms with van der Waals surface area (Å²) in [6.45, 7) is 3.41. The summed E-state index contributed by atoms with van der Waals surface area (Å²) in [6.07, 6.45) is 10.0. The molecule has 7 heteroatoms. The minimum absolute atomic E-state index is 0.0440. The Morgan fingerprint density at radius 2 is 2.00 bits per heavy atom. The van der Waals surface area contributed by atoms with Gasteiger partial charge in [-0.15, -0.1) is 0 Å². The van der Waals surface area contributed by atoms with Crippen LogP contribution in [0.1, 0.15) is 41.0 Å². The van der Waals surface area contributed by atoms with E-state index in [2.05, 4.69) is 27.4 Å². The van der Waals surface area contributed by atoms with E-state index >= 15 is 0 Å². The summed E-state index contributed by atoms with van der Waals surface area (Å²) in [5.74, 6) is 0.707. The number of fused-ring (bicyclic) bond motifs is 1. The quantitative estimate of drug-likeness (QED) is 0.839. The highest BCUT2D eigenvalue weighted by Crippen LogP contribution is 2.29. The predicted molar refractivity (Wildman–Crippen MR) is 121 cm³/mol. The number of rotatable bonds is 3. The minimum atomic E-state index is 0.0440. The third-order valence-electron chi connectivity index (χ3n) is 5.77. The van der Waals surface area contributed by atoms with Crippen molar-refractivity contribution in [2.24, 2.45) is 9.98 Å². The maximum absolute atomic E-state index is 12.6. The van der Waals surface area contributed by atoms with Crippen LogP contribution in [0.5, 0.6) is 0 Å². The Hall–Kier alpha value is -3.61. The molecule has 0 unspecified atom stereocenters. The molecule has 1 amide bonds. The predicted octanol–water partition coefficient (Wildman–Crippen LogP) is 3.16. The standard InChI is InChI=1S/C24H24N6O/c1-16-5-2-8-20(26-16)19-7-3-9-21-22(19)29-24(28-21)27-18-10-13-30(14-11-18)23(31)17-6-4-12-25-15-17/h2-8,12,15,18H,9-11,13-14H2,1H3,(H,27,29). The number of aliphatic imine (C=N–C) groups is 2. The van der Waals surface area contributed by atoms with E-state index in [9.17, 15) is 4.79 Å². The number of nitrogens with zero attached hydrogens (tertiary/aromatic N) is 5. The van der Waals surface area contributed by atoms with Gasteiger partial charge in [0.05, 0.1) is 22.7 Å². The number of hydrogen-bond acceptors (Lipinski definition) is 6. The number of amides is 1. The first-order chi connectivity index (χ1) is 15.2. The molecular formula is C24H24N6O. The number of aryl methyl sites for hydroxylation is 1. The van der Waals surface area contributed by atoms with E-state index < -0.39 is 0 Å². The molecule has 4 heterocycles. The van der Waals surface area contributed by atoms with Crippen LogP contribution >= 0.6 is 0 Å². The Morgan fingerprint density at radius 1 is 1.13 bits per heavy atom. The molecule has 1 fully saturated rings. The second kappa shape index (κ2) is 8.26. The number of allylic oxidation sites excluding steroid dienone is 4. The Morgan fingerprint density at radius 3 is 2.77 bits per heavy atom. The molecule has 1 N–H and O–H groups in total. The fourth-order valence-electron chi connectivity index (χ4n) is 4.15. The summed E-state index contributed by atoms with van der Waals surface area (Å²) in [5.41, 5.74) is 5.45. The van der Waals surface area contributed by atoms with E-state index in [1.54, 1.807) is 18.5 Å². The van der Waals surface area contributed by atoms with Crippen LogP contribution in [0.2, 0.25) is 0 Å². The van der Waals surface area contributed by atoms with Crippen molar-refractivity contribution >= 4 is 23.2 Å². The van der Waals surface area contributed by atoms with Gasteiger partial charge in [0.2, 0.25) is 5.96 Å². The zero-order valence-electron chi connectivity index (χ0n) is 17.5. The zero-order chi connectivity index (χ0) is 21.2. The van der Waals surface area contributed by atoms with Crippen molar-refractivity contribution < 1.29 is 4.79 Å². The molecule has 0 radical (unpaired) electrons. The number of pyridine rings is 2. The van der Waals surface area contributed by atoms with Crippen molar-refractivity contribution in [2.75, 3.05) is 13.1 Å². The highest BCUT2D eigenvalue weighted by molar-refractivity contribution is 6.18. The molecule has 2 aliphatic heterocycles. The molecule has 1 saturated heterocycles. The maximum atomic E-state index is 12.6. The van der Waals surface area contributed by atoms with Gasteiger partial charge >= 0.3 is 0 Å². The molecule has 3 aliphatic rings. The molecule has 2 aromatic heterocycles. The van der Waals surface area contributed by atoms with Gasteiger partial charge in [-0.3, -0.25) is 14.8 Å². The van der Waals surface area contributed by atoms with Crippen LogP contribution in [-0.2, 0) is 0 Å². The molecule has 0 atom stereocenters. The molecule has 31 heavy (non-hydrogen) atoms. The number of guanidine groups is 1. The second-order valence-electron chi connectivity index (χ2n) is 7.98. The molecular weight excluding hydrogens is 388 g/mol. The lowest BCUT2D eigenvalue weighted by Gasteiger charge is -2.32. The minimum Gasteiger partial charge on any atom is -0.351 e. The first kappa shape index (κ1) is 19.4. The SMILES string of the molecule is Cc1cccc(C2=C3N=C(NC4CCN(C(=O)c5cccnc5)CC4)N=C3CC=C2)n1. The van der Waals surface area contributed by atoms with Crippen molar-refractivity contribution in [3.8, 4) is 0 Å². The summed E-state index contributed by atoms with van der Waals surface area (Å²) in [5, 5.41) is 3.49. The molecule has 2 aromatic rings. The molecule has 0 spiro atoms. The van der Waals surface area contributed by atoms with E-state index in [0.29, 0.717) is 24.6 Å². The molecule has 1 aliphatic carbocycles. The van der Waals surface area contributed by atoms with Crippen LogP contribution in [-0.4, -0.2) is 51.6 Å². The summed E-state index contributed by atoms with van der Waals surface area (Å²) in [4.78, 5) is 32.7. The number of nitrogens with one attached hydrogen (secondary N) is 1. The highest BCUT2D eigenvalue weighted by Gasteiger charge is 2.27. The first-order valence-electron chi connectivity index (χ1n) is 10.6. The fourth-order valence-corrected chi connectivity index (χ4v) is 4.15. The van der Waals surface area contributed by atoms with E-state index in [1.165, 1.54) is 0 Å². The van der Waals surface area contributed by atoms with E-state index in [4.69, 9.17) is 9.98 Å². The Kier molecular flexibility index (Phi) is 5.16. The van der Waals surface area contributed by atoms with Gasteiger partial charge in [0, 0.05) is 49.2 Å². The average molecular weight is 412 g/mol. The van der Waals surface area contributed by atoms with Crippen molar-refractivity contribution in [2.45, 2.75) is 32.2 Å². The zero-order valence-corrected chi connectivity index (χ0v) is 17.5. The van der Waals surface area contributed by atoms with Gasteiger partial charge < -0.3 is 10.2 Å². The van der Waals surface area contributed by atoms with Crippen LogP contribution in [0, 0.1) is 6.92 Å². The largest absolute Gasteiger partial charge is 0.351 e. The van der Waals surface area contributed by atoms with Crippen molar-refractivity contribution in [3.05, 3.63) is 77.5 Å². The van der Waals surface area contributed by atoms with Gasteiger partial charge in [-0.25, -0.2) is 9.98 Å². The third kappa shape index (κ3) is 4.03. The van der Waals surface area contributed by atoms with Crippen molar-refractivity contribution in [1.29, 1.82) is 0 Å². The van der Waals surface area contributed by atoms with Gasteiger partial charge in [-0.05, 0) is 44.0 Å². The van der Waals surface area contributed by atoms with E-state index in [1.807, 2.05) is 36.1 Å². The van der Waals surface area contributed by atoms with E-state index in [0.717, 1.165) is 47.6 Å². The highest BCUT2D eigenvalue weighted by atomic mass is 16.2. The average Bonchev–Trinajstić information content (AvgIpc) is 3.22. The summed E-state index contributed by atoms with van der Waals surface area (Å²) in [7, 11) is 0. The van der Waals surface area contributed by atoms with Gasteiger partial charge in [-0.1, -0.05) is 18.2 Å². The number of piperidine rings is 1. The number of likely N-dealkylation sites (tertiary alicyclic amines) is 1. The lowest BCUT2D eigenvalue weighted by atomic mass is 9.99. The Balaban J connectivity index is 1.26. The molecule has 156 valence electrons. The lowest BCUT2D eigenvalue weighted by Crippen LogP contribution is -2.46. The Bertz CT molecular complexity index is 1120. The molecule has 0 aromatic carbocycles. The van der Waals surface area contributed by atoms with Crippen molar-refractivity contribution in [1.82, 2.24) is 20.2 Å². The van der Waals surface area contributed by atoms with Crippen LogP contribution in [0.15, 0.2) is 70.6 Å².